The summed E-state index contributed by atoms with van der Waals surface area (Å²) in [6.07, 6.45) is 1.64. The third kappa shape index (κ3) is 5.00. The van der Waals surface area contributed by atoms with Crippen molar-refractivity contribution < 1.29 is 27.4 Å². The van der Waals surface area contributed by atoms with Gasteiger partial charge in [-0.3, -0.25) is 4.79 Å². The number of carbonyl (C=O) groups excluding carboxylic acids is 1. The minimum absolute atomic E-state index is 0.00916. The van der Waals surface area contributed by atoms with Gasteiger partial charge in [-0.15, -0.1) is 0 Å². The third-order valence-corrected chi connectivity index (χ3v) is 7.44. The normalized spacial score (nSPS) is 13.9. The summed E-state index contributed by atoms with van der Waals surface area (Å²) in [5.41, 5.74) is 0.755. The van der Waals surface area contributed by atoms with E-state index in [1.165, 1.54) is 29.6 Å². The molecule has 1 N–H and O–H groups in total. The number of amides is 1. The van der Waals surface area contributed by atoms with Crippen molar-refractivity contribution in [3.05, 3.63) is 72.3 Å². The topological polar surface area (TPSA) is 94.2 Å². The van der Waals surface area contributed by atoms with Crippen LogP contribution >= 0.6 is 0 Å². The van der Waals surface area contributed by atoms with Gasteiger partial charge in [0.2, 0.25) is 10.0 Å². The van der Waals surface area contributed by atoms with Crippen LogP contribution in [0.1, 0.15) is 23.2 Å². The molecule has 1 saturated heterocycles. The van der Waals surface area contributed by atoms with Gasteiger partial charge in [0.1, 0.15) is 16.4 Å². The second-order valence-electron chi connectivity index (χ2n) is 7.71. The molecule has 0 aromatic heterocycles. The largest absolute Gasteiger partial charge is 0.495 e. The van der Waals surface area contributed by atoms with E-state index in [0.717, 1.165) is 12.8 Å². The average molecular weight is 483 g/mol. The van der Waals surface area contributed by atoms with Crippen molar-refractivity contribution in [2.45, 2.75) is 17.7 Å². The molecule has 1 heterocycles. The Balaban J connectivity index is 1.50. The van der Waals surface area contributed by atoms with Crippen LogP contribution in [0.4, 0.5) is 5.69 Å². The van der Waals surface area contributed by atoms with E-state index in [9.17, 15) is 13.2 Å². The molecule has 0 radical (unpaired) electrons. The number of rotatable bonds is 8. The number of anilines is 1. The number of hydrogen-bond acceptors (Lipinski definition) is 6. The molecule has 1 fully saturated rings. The SMILES string of the molecule is COc1ccccc1Oc1ccc(NC(=O)c2ccc(OC)c(S(=O)(=O)N3CCCC3)c2)cc1. The van der Waals surface area contributed by atoms with Gasteiger partial charge in [0.25, 0.3) is 5.91 Å². The van der Waals surface area contributed by atoms with Crippen LogP contribution in [0.25, 0.3) is 0 Å². The van der Waals surface area contributed by atoms with Gasteiger partial charge < -0.3 is 19.5 Å². The van der Waals surface area contributed by atoms with Crippen LogP contribution in [0.3, 0.4) is 0 Å². The van der Waals surface area contributed by atoms with E-state index in [2.05, 4.69) is 5.32 Å². The summed E-state index contributed by atoms with van der Waals surface area (Å²) in [4.78, 5) is 12.9. The fourth-order valence-corrected chi connectivity index (χ4v) is 5.43. The Morgan fingerprint density at radius 2 is 1.50 bits per heavy atom. The molecule has 1 amide bonds. The van der Waals surface area contributed by atoms with Crippen molar-refractivity contribution in [3.63, 3.8) is 0 Å². The van der Waals surface area contributed by atoms with Gasteiger partial charge in [-0.2, -0.15) is 4.31 Å². The summed E-state index contributed by atoms with van der Waals surface area (Å²) < 4.78 is 44.0. The number of sulfonamides is 1. The monoisotopic (exact) mass is 482 g/mol. The van der Waals surface area contributed by atoms with E-state index >= 15 is 0 Å². The number of hydrogen-bond donors (Lipinski definition) is 1. The molecule has 3 aromatic rings. The highest BCUT2D eigenvalue weighted by Crippen LogP contribution is 2.32. The summed E-state index contributed by atoms with van der Waals surface area (Å²) in [5.74, 6) is 1.54. The van der Waals surface area contributed by atoms with E-state index in [0.29, 0.717) is 36.0 Å². The third-order valence-electron chi connectivity index (χ3n) is 5.52. The predicted octanol–water partition coefficient (Wildman–Crippen LogP) is 4.53. The number of para-hydroxylation sites is 2. The van der Waals surface area contributed by atoms with Gasteiger partial charge >= 0.3 is 0 Å². The highest BCUT2D eigenvalue weighted by Gasteiger charge is 2.30. The van der Waals surface area contributed by atoms with Gasteiger partial charge in [0, 0.05) is 24.3 Å². The van der Waals surface area contributed by atoms with Gasteiger partial charge in [0.05, 0.1) is 14.2 Å². The van der Waals surface area contributed by atoms with E-state index in [1.54, 1.807) is 43.5 Å². The van der Waals surface area contributed by atoms with Crippen LogP contribution in [0.5, 0.6) is 23.0 Å². The van der Waals surface area contributed by atoms with Gasteiger partial charge in [-0.05, 0) is 67.4 Å². The summed E-state index contributed by atoms with van der Waals surface area (Å²) in [6.45, 7) is 0.927. The summed E-state index contributed by atoms with van der Waals surface area (Å²) in [7, 11) is -0.769. The maximum atomic E-state index is 13.1. The van der Waals surface area contributed by atoms with Crippen molar-refractivity contribution in [2.24, 2.45) is 0 Å². The first-order valence-corrected chi connectivity index (χ1v) is 12.3. The molecule has 0 aliphatic carbocycles. The Hall–Kier alpha value is -3.56. The predicted molar refractivity (Wildman–Crippen MR) is 128 cm³/mol. The van der Waals surface area contributed by atoms with Crippen molar-refractivity contribution in [1.82, 2.24) is 4.31 Å². The highest BCUT2D eigenvalue weighted by atomic mass is 32.2. The van der Waals surface area contributed by atoms with Crippen LogP contribution in [-0.4, -0.2) is 45.9 Å². The first-order valence-electron chi connectivity index (χ1n) is 10.8. The fraction of sp³-hybridized carbons (Fsp3) is 0.240. The van der Waals surface area contributed by atoms with Crippen LogP contribution in [0.2, 0.25) is 0 Å². The lowest BCUT2D eigenvalue weighted by atomic mass is 10.2. The molecular weight excluding hydrogens is 456 g/mol. The first kappa shape index (κ1) is 23.6. The second-order valence-corrected chi connectivity index (χ2v) is 9.61. The van der Waals surface area contributed by atoms with Crippen LogP contribution < -0.4 is 19.5 Å². The molecular formula is C25H26N2O6S. The number of nitrogens with zero attached hydrogens (tertiary/aromatic N) is 1. The molecule has 1 aliphatic rings. The van der Waals surface area contributed by atoms with E-state index in [-0.39, 0.29) is 16.2 Å². The Kier molecular flexibility index (Phi) is 7.04. The molecule has 8 nitrogen and oxygen atoms in total. The molecule has 34 heavy (non-hydrogen) atoms. The molecule has 178 valence electrons. The Labute approximate surface area is 199 Å². The molecule has 9 heteroatoms. The maximum Gasteiger partial charge on any atom is 0.255 e. The van der Waals surface area contributed by atoms with Crippen LogP contribution in [0.15, 0.2) is 71.6 Å². The van der Waals surface area contributed by atoms with E-state index in [4.69, 9.17) is 14.2 Å². The van der Waals surface area contributed by atoms with Gasteiger partial charge in [-0.25, -0.2) is 8.42 Å². The maximum absolute atomic E-state index is 13.1. The van der Waals surface area contributed by atoms with E-state index in [1.807, 2.05) is 12.1 Å². The number of benzene rings is 3. The number of ether oxygens (including phenoxy) is 3. The molecule has 0 saturated carbocycles. The standard InChI is InChI=1S/C25H26N2O6S/c1-31-21-7-3-4-8-22(21)33-20-12-10-19(11-13-20)26-25(28)18-9-14-23(32-2)24(17-18)34(29,30)27-15-5-6-16-27/h3-4,7-14,17H,5-6,15-16H2,1-2H3,(H,26,28). The van der Waals surface area contributed by atoms with Crippen molar-refractivity contribution in [1.29, 1.82) is 0 Å². The molecule has 1 aliphatic heterocycles. The molecule has 4 rings (SSSR count). The van der Waals surface area contributed by atoms with Crippen molar-refractivity contribution in [3.8, 4) is 23.0 Å². The Morgan fingerprint density at radius 1 is 0.853 bits per heavy atom. The molecule has 0 atom stereocenters. The van der Waals surface area contributed by atoms with E-state index < -0.39 is 15.9 Å². The Morgan fingerprint density at radius 3 is 2.15 bits per heavy atom. The average Bonchev–Trinajstić information content (AvgIpc) is 3.41. The summed E-state index contributed by atoms with van der Waals surface area (Å²) in [5, 5.41) is 2.79. The lowest BCUT2D eigenvalue weighted by molar-refractivity contribution is 0.102. The van der Waals surface area contributed by atoms with Crippen molar-refractivity contribution in [2.75, 3.05) is 32.6 Å². The zero-order chi connectivity index (χ0) is 24.1. The quantitative estimate of drug-likeness (QED) is 0.507. The lowest BCUT2D eigenvalue weighted by Gasteiger charge is -2.18. The smallest absolute Gasteiger partial charge is 0.255 e. The fourth-order valence-electron chi connectivity index (χ4n) is 3.73. The lowest BCUT2D eigenvalue weighted by Crippen LogP contribution is -2.28. The highest BCUT2D eigenvalue weighted by molar-refractivity contribution is 7.89. The first-order chi connectivity index (χ1) is 16.4. The molecule has 0 unspecified atom stereocenters. The molecule has 0 spiro atoms. The Bertz CT molecular complexity index is 1270. The number of nitrogens with one attached hydrogen (secondary N) is 1. The minimum Gasteiger partial charge on any atom is -0.495 e. The summed E-state index contributed by atoms with van der Waals surface area (Å²) in [6, 6.07) is 18.5. The van der Waals surface area contributed by atoms with Gasteiger partial charge in [-0.1, -0.05) is 12.1 Å². The zero-order valence-electron chi connectivity index (χ0n) is 19.0. The minimum atomic E-state index is -3.75. The number of methoxy groups -OCH3 is 2. The number of carbonyl (C=O) groups is 1. The van der Waals surface area contributed by atoms with Gasteiger partial charge in [0.15, 0.2) is 11.5 Å². The summed E-state index contributed by atoms with van der Waals surface area (Å²) >= 11 is 0. The second kappa shape index (κ2) is 10.1. The molecule has 0 bridgehead atoms. The molecule has 3 aromatic carbocycles. The van der Waals surface area contributed by atoms with Crippen molar-refractivity contribution >= 4 is 21.6 Å². The zero-order valence-corrected chi connectivity index (χ0v) is 19.8. The van der Waals surface area contributed by atoms with Crippen LogP contribution in [-0.2, 0) is 10.0 Å². The van der Waals surface area contributed by atoms with Crippen LogP contribution in [0, 0.1) is 0 Å².